The lowest BCUT2D eigenvalue weighted by Crippen LogP contribution is -2.57. The van der Waals surface area contributed by atoms with Gasteiger partial charge in [-0.15, -0.1) is 0 Å². The number of anilines is 2. The van der Waals surface area contributed by atoms with Crippen LogP contribution >= 0.6 is 0 Å². The number of nitrogens with zero attached hydrogens (tertiary/aromatic N) is 1. The Kier molecular flexibility index (Phi) is 5.16. The Bertz CT molecular complexity index is 666. The Balaban J connectivity index is 1.83. The number of benzene rings is 1. The lowest BCUT2D eigenvalue weighted by molar-refractivity contribution is 0.419. The molecule has 1 aromatic rings. The Morgan fingerprint density at radius 3 is 2.62 bits per heavy atom. The van der Waals surface area contributed by atoms with Crippen molar-refractivity contribution in [2.75, 3.05) is 30.3 Å². The van der Waals surface area contributed by atoms with Gasteiger partial charge in [-0.3, -0.25) is 4.99 Å². The van der Waals surface area contributed by atoms with Crippen LogP contribution in [0.1, 0.15) is 19.3 Å². The lowest BCUT2D eigenvalue weighted by Gasteiger charge is -2.44. The van der Waals surface area contributed by atoms with Gasteiger partial charge in [0.25, 0.3) is 0 Å². The van der Waals surface area contributed by atoms with E-state index in [4.69, 9.17) is 4.99 Å². The number of aliphatic imine (C=N–C) groups is 1. The zero-order valence-corrected chi connectivity index (χ0v) is 14.1. The van der Waals surface area contributed by atoms with Crippen molar-refractivity contribution in [3.63, 3.8) is 0 Å². The fourth-order valence-corrected chi connectivity index (χ4v) is 3.37. The number of para-hydroxylation sites is 2. The van der Waals surface area contributed by atoms with Gasteiger partial charge in [-0.05, 0) is 50.1 Å². The molecule has 0 saturated carbocycles. The summed E-state index contributed by atoms with van der Waals surface area (Å²) in [6.07, 6.45) is 8.61. The average molecular weight is 322 g/mol. The number of hydrogen-bond acceptors (Lipinski definition) is 3. The molecule has 0 amide bonds. The summed E-state index contributed by atoms with van der Waals surface area (Å²) in [5.41, 5.74) is 3.34. The van der Waals surface area contributed by atoms with Crippen molar-refractivity contribution in [2.24, 2.45) is 4.99 Å². The molecule has 2 heterocycles. The van der Waals surface area contributed by atoms with Crippen LogP contribution in [0, 0.1) is 0 Å². The van der Waals surface area contributed by atoms with Crippen LogP contribution < -0.4 is 16.0 Å². The van der Waals surface area contributed by atoms with Crippen LogP contribution in [0.15, 0.2) is 66.2 Å². The molecular weight excluding hydrogens is 296 g/mol. The maximum atomic E-state index is 4.92. The Morgan fingerprint density at radius 2 is 1.92 bits per heavy atom. The molecule has 1 saturated heterocycles. The number of amidine groups is 1. The van der Waals surface area contributed by atoms with Crippen LogP contribution in [0.3, 0.4) is 0 Å². The molecule has 0 radical (unpaired) electrons. The molecule has 4 nitrogen and oxygen atoms in total. The molecule has 2 aliphatic rings. The highest BCUT2D eigenvalue weighted by molar-refractivity contribution is 6.09. The van der Waals surface area contributed by atoms with Crippen molar-refractivity contribution in [3.8, 4) is 0 Å². The van der Waals surface area contributed by atoms with E-state index in [1.807, 2.05) is 18.2 Å². The molecule has 4 heteroatoms. The van der Waals surface area contributed by atoms with Crippen LogP contribution in [0.2, 0.25) is 0 Å². The molecule has 24 heavy (non-hydrogen) atoms. The van der Waals surface area contributed by atoms with E-state index in [1.165, 1.54) is 0 Å². The van der Waals surface area contributed by atoms with Crippen molar-refractivity contribution in [1.82, 2.24) is 5.32 Å². The minimum absolute atomic E-state index is 0.0872. The van der Waals surface area contributed by atoms with E-state index in [0.29, 0.717) is 0 Å². The third kappa shape index (κ3) is 3.44. The van der Waals surface area contributed by atoms with Crippen LogP contribution in [0.25, 0.3) is 0 Å². The molecule has 0 bridgehead atoms. The smallest absolute Gasteiger partial charge is 0.127 e. The first-order valence-electron chi connectivity index (χ1n) is 8.61. The van der Waals surface area contributed by atoms with Gasteiger partial charge in [0, 0.05) is 6.54 Å². The van der Waals surface area contributed by atoms with E-state index in [9.17, 15) is 0 Å². The lowest BCUT2D eigenvalue weighted by atomic mass is 9.84. The topological polar surface area (TPSA) is 48.5 Å². The highest BCUT2D eigenvalue weighted by Gasteiger charge is 2.40. The van der Waals surface area contributed by atoms with Gasteiger partial charge in [0.05, 0.1) is 16.9 Å². The molecule has 1 spiro atoms. The van der Waals surface area contributed by atoms with Crippen molar-refractivity contribution in [2.45, 2.75) is 24.8 Å². The van der Waals surface area contributed by atoms with Crippen molar-refractivity contribution in [1.29, 1.82) is 0 Å². The van der Waals surface area contributed by atoms with Gasteiger partial charge in [-0.1, -0.05) is 43.5 Å². The number of nitrogens with one attached hydrogen (secondary N) is 3. The van der Waals surface area contributed by atoms with E-state index < -0.39 is 0 Å². The largest absolute Gasteiger partial charge is 0.371 e. The molecule has 0 atom stereocenters. The zero-order chi connectivity index (χ0) is 16.8. The molecule has 0 aromatic heterocycles. The molecule has 0 unspecified atom stereocenters. The molecule has 3 rings (SSSR count). The van der Waals surface area contributed by atoms with Gasteiger partial charge in [0.1, 0.15) is 5.84 Å². The molecule has 126 valence electrons. The van der Waals surface area contributed by atoms with Crippen LogP contribution in [-0.2, 0) is 0 Å². The van der Waals surface area contributed by atoms with E-state index in [0.717, 1.165) is 61.7 Å². The van der Waals surface area contributed by atoms with E-state index in [1.54, 1.807) is 6.08 Å². The first kappa shape index (κ1) is 16.5. The number of allylic oxidation sites excluding steroid dienone is 3. The Labute approximate surface area is 144 Å². The molecule has 1 aromatic carbocycles. The summed E-state index contributed by atoms with van der Waals surface area (Å²) in [7, 11) is 0. The normalized spacial score (nSPS) is 20.8. The molecule has 1 fully saturated rings. The molecule has 0 aliphatic carbocycles. The predicted molar refractivity (Wildman–Crippen MR) is 104 cm³/mol. The van der Waals surface area contributed by atoms with Gasteiger partial charge in [-0.25, -0.2) is 0 Å². The van der Waals surface area contributed by atoms with Gasteiger partial charge >= 0.3 is 0 Å². The Hall–Kier alpha value is -2.33. The third-order valence-electron chi connectivity index (χ3n) is 4.73. The van der Waals surface area contributed by atoms with Crippen molar-refractivity contribution >= 4 is 17.2 Å². The monoisotopic (exact) mass is 322 g/mol. The third-order valence-corrected chi connectivity index (χ3v) is 4.73. The fraction of sp³-hybridized carbons (Fsp3) is 0.350. The van der Waals surface area contributed by atoms with E-state index >= 15 is 0 Å². The maximum Gasteiger partial charge on any atom is 0.127 e. The summed E-state index contributed by atoms with van der Waals surface area (Å²) < 4.78 is 0. The summed E-state index contributed by atoms with van der Waals surface area (Å²) in [6, 6.07) is 8.35. The van der Waals surface area contributed by atoms with Gasteiger partial charge in [-0.2, -0.15) is 0 Å². The molecular formula is C20H26N4. The summed E-state index contributed by atoms with van der Waals surface area (Å²) >= 11 is 0. The number of rotatable bonds is 5. The standard InChI is InChI=1S/C20H26N4/c1-3-7-16(4-2)10-13-22-19-20(11-14-21-15-12-20)24-18-9-6-5-8-17(18)23-19/h3-9,21,24H,1-2,10-15H2,(H,22,23)/b16-7+. The summed E-state index contributed by atoms with van der Waals surface area (Å²) in [5, 5.41) is 10.8. The minimum atomic E-state index is -0.0872. The average Bonchev–Trinajstić information content (AvgIpc) is 2.62. The Morgan fingerprint density at radius 1 is 1.17 bits per heavy atom. The molecule has 3 N–H and O–H groups in total. The second-order valence-corrected chi connectivity index (χ2v) is 6.29. The molecule has 2 aliphatic heterocycles. The van der Waals surface area contributed by atoms with E-state index in [-0.39, 0.29) is 5.54 Å². The van der Waals surface area contributed by atoms with Crippen LogP contribution in [-0.4, -0.2) is 31.0 Å². The van der Waals surface area contributed by atoms with Gasteiger partial charge in [0.15, 0.2) is 0 Å². The predicted octanol–water partition coefficient (Wildman–Crippen LogP) is 3.73. The summed E-state index contributed by atoms with van der Waals surface area (Å²) in [4.78, 5) is 4.92. The summed E-state index contributed by atoms with van der Waals surface area (Å²) in [6.45, 7) is 10.4. The second-order valence-electron chi connectivity index (χ2n) is 6.29. The van der Waals surface area contributed by atoms with Crippen LogP contribution in [0.4, 0.5) is 11.4 Å². The summed E-state index contributed by atoms with van der Waals surface area (Å²) in [5.74, 6) is 1.06. The van der Waals surface area contributed by atoms with Crippen molar-refractivity contribution in [3.05, 3.63) is 61.2 Å². The first-order valence-corrected chi connectivity index (χ1v) is 8.61. The van der Waals surface area contributed by atoms with E-state index in [2.05, 4.69) is 47.3 Å². The minimum Gasteiger partial charge on any atom is -0.371 e. The second kappa shape index (κ2) is 7.49. The SMILES string of the molecule is C=C/C=C(\C=C)CCN=C1Nc2ccccc2NC12CCNCC2. The quantitative estimate of drug-likeness (QED) is 0.724. The van der Waals surface area contributed by atoms with Gasteiger partial charge in [0.2, 0.25) is 0 Å². The van der Waals surface area contributed by atoms with Gasteiger partial charge < -0.3 is 16.0 Å². The van der Waals surface area contributed by atoms with Crippen LogP contribution in [0.5, 0.6) is 0 Å². The number of fused-ring (bicyclic) bond motifs is 1. The highest BCUT2D eigenvalue weighted by Crippen LogP contribution is 2.35. The zero-order valence-electron chi connectivity index (χ0n) is 14.1. The maximum absolute atomic E-state index is 4.92. The van der Waals surface area contributed by atoms with Crippen molar-refractivity contribution < 1.29 is 0 Å². The fourth-order valence-electron chi connectivity index (χ4n) is 3.37. The number of hydrogen-bond donors (Lipinski definition) is 3. The number of piperidine rings is 1. The highest BCUT2D eigenvalue weighted by atomic mass is 15.2. The first-order chi connectivity index (χ1) is 11.8.